The molecule has 5 rings (SSSR count). The average Bonchev–Trinajstić information content (AvgIpc) is 3.12. The molecular formula is C38H37Cl2N7O5. The van der Waals surface area contributed by atoms with E-state index in [0.29, 0.717) is 34.6 Å². The van der Waals surface area contributed by atoms with Crippen molar-refractivity contribution in [1.29, 1.82) is 0 Å². The van der Waals surface area contributed by atoms with Gasteiger partial charge in [0.25, 0.3) is 5.56 Å². The zero-order valence-corrected chi connectivity index (χ0v) is 30.7. The Balaban J connectivity index is 1.62. The Hall–Kier alpha value is -5.69. The van der Waals surface area contributed by atoms with E-state index < -0.39 is 5.56 Å². The zero-order valence-electron chi connectivity index (χ0n) is 29.2. The molecule has 0 saturated carbocycles. The van der Waals surface area contributed by atoms with Crippen LogP contribution in [0, 0.1) is 6.92 Å². The number of carbonyl (C=O) groups excluding carboxylic acids is 2. The van der Waals surface area contributed by atoms with Crippen molar-refractivity contribution >= 4 is 69.1 Å². The largest absolute Gasteiger partial charge is 0.495 e. The molecule has 2 amide bonds. The highest BCUT2D eigenvalue weighted by Crippen LogP contribution is 2.45. The van der Waals surface area contributed by atoms with Crippen LogP contribution in [0.15, 0.2) is 90.4 Å². The van der Waals surface area contributed by atoms with Gasteiger partial charge in [-0.25, -0.2) is 4.98 Å². The molecular weight excluding hydrogens is 705 g/mol. The number of rotatable bonds is 13. The summed E-state index contributed by atoms with van der Waals surface area (Å²) in [6.45, 7) is 6.11. The van der Waals surface area contributed by atoms with E-state index >= 15 is 0 Å². The van der Waals surface area contributed by atoms with Crippen molar-refractivity contribution in [3.63, 3.8) is 0 Å². The number of aromatic nitrogens is 3. The van der Waals surface area contributed by atoms with Gasteiger partial charge in [0.1, 0.15) is 17.1 Å². The summed E-state index contributed by atoms with van der Waals surface area (Å²) in [5, 5.41) is 9.60. The molecule has 3 N–H and O–H groups in total. The summed E-state index contributed by atoms with van der Waals surface area (Å²) in [5.74, 6) is 0.0753. The van der Waals surface area contributed by atoms with E-state index in [4.69, 9.17) is 37.7 Å². The first kappa shape index (κ1) is 37.6. The van der Waals surface area contributed by atoms with Crippen molar-refractivity contribution in [2.75, 3.05) is 50.8 Å². The van der Waals surface area contributed by atoms with Gasteiger partial charge in [-0.3, -0.25) is 19.0 Å². The molecule has 0 saturated heterocycles. The number of benzene rings is 3. The van der Waals surface area contributed by atoms with Crippen LogP contribution in [0.3, 0.4) is 0 Å². The van der Waals surface area contributed by atoms with Crippen LogP contribution in [0.5, 0.6) is 11.5 Å². The first-order chi connectivity index (χ1) is 24.9. The van der Waals surface area contributed by atoms with Crippen molar-refractivity contribution in [1.82, 2.24) is 19.4 Å². The number of aryl methyl sites for hydroxylation is 1. The van der Waals surface area contributed by atoms with Crippen molar-refractivity contribution in [2.45, 2.75) is 13.5 Å². The minimum atomic E-state index is -0.450. The van der Waals surface area contributed by atoms with Gasteiger partial charge in [-0.15, -0.1) is 0 Å². The van der Waals surface area contributed by atoms with Gasteiger partial charge in [-0.2, -0.15) is 4.98 Å². The van der Waals surface area contributed by atoms with E-state index in [1.54, 1.807) is 54.7 Å². The molecule has 3 aromatic carbocycles. The SMILES string of the molecule is C=CC(=O)Nc1cccc(C)c1Nc1ncc2cc(-c3c(Cl)c(OC)cc(OC)c3Cl)c(=O)n(Cc3ccc(NC(=O)/C=C/CN(C)C)cc3)c2n1. The molecule has 0 aliphatic heterocycles. The molecule has 0 atom stereocenters. The summed E-state index contributed by atoms with van der Waals surface area (Å²) in [6.07, 6.45) is 6.00. The number of pyridine rings is 1. The van der Waals surface area contributed by atoms with Gasteiger partial charge in [0.2, 0.25) is 17.8 Å². The van der Waals surface area contributed by atoms with E-state index in [9.17, 15) is 14.4 Å². The predicted molar refractivity (Wildman–Crippen MR) is 208 cm³/mol. The molecule has 2 heterocycles. The third kappa shape index (κ3) is 8.43. The quantitative estimate of drug-likeness (QED) is 0.108. The van der Waals surface area contributed by atoms with E-state index in [0.717, 1.165) is 11.1 Å². The van der Waals surface area contributed by atoms with Crippen LogP contribution in [0.25, 0.3) is 22.2 Å². The van der Waals surface area contributed by atoms with Crippen LogP contribution in [-0.2, 0) is 16.1 Å². The Morgan fingerprint density at radius 1 is 0.981 bits per heavy atom. The molecule has 52 heavy (non-hydrogen) atoms. The van der Waals surface area contributed by atoms with Crippen molar-refractivity contribution < 1.29 is 19.1 Å². The lowest BCUT2D eigenvalue weighted by molar-refractivity contribution is -0.112. The monoisotopic (exact) mass is 741 g/mol. The lowest BCUT2D eigenvalue weighted by Crippen LogP contribution is -2.24. The van der Waals surface area contributed by atoms with E-state index in [2.05, 4.69) is 27.5 Å². The Morgan fingerprint density at radius 2 is 1.67 bits per heavy atom. The van der Waals surface area contributed by atoms with Crippen LogP contribution in [0.1, 0.15) is 11.1 Å². The zero-order chi connectivity index (χ0) is 37.5. The molecule has 14 heteroatoms. The maximum Gasteiger partial charge on any atom is 0.260 e. The van der Waals surface area contributed by atoms with Gasteiger partial charge in [-0.1, -0.05) is 60.1 Å². The molecule has 0 aliphatic carbocycles. The van der Waals surface area contributed by atoms with Gasteiger partial charge in [-0.05, 0) is 62.5 Å². The Bertz CT molecular complexity index is 2220. The third-order valence-electron chi connectivity index (χ3n) is 7.92. The summed E-state index contributed by atoms with van der Waals surface area (Å²) in [5.41, 5.74) is 3.46. The molecule has 5 aromatic rings. The summed E-state index contributed by atoms with van der Waals surface area (Å²) < 4.78 is 12.4. The smallest absolute Gasteiger partial charge is 0.260 e. The number of nitrogens with one attached hydrogen (secondary N) is 3. The van der Waals surface area contributed by atoms with Gasteiger partial charge in [0.05, 0.1) is 47.7 Å². The number of halogens is 2. The van der Waals surface area contributed by atoms with Gasteiger partial charge in [0, 0.05) is 41.5 Å². The third-order valence-corrected chi connectivity index (χ3v) is 8.68. The highest BCUT2D eigenvalue weighted by Gasteiger charge is 2.24. The molecule has 0 aliphatic rings. The number of hydrogen-bond donors (Lipinski definition) is 3. The first-order valence-corrected chi connectivity index (χ1v) is 16.7. The Morgan fingerprint density at radius 3 is 2.31 bits per heavy atom. The van der Waals surface area contributed by atoms with Gasteiger partial charge < -0.3 is 30.3 Å². The molecule has 2 aromatic heterocycles. The normalized spacial score (nSPS) is 11.2. The second-order valence-corrected chi connectivity index (χ2v) is 12.6. The maximum absolute atomic E-state index is 14.5. The highest BCUT2D eigenvalue weighted by molar-refractivity contribution is 6.41. The summed E-state index contributed by atoms with van der Waals surface area (Å²) in [7, 11) is 6.73. The second-order valence-electron chi connectivity index (χ2n) is 11.9. The predicted octanol–water partition coefficient (Wildman–Crippen LogP) is 7.06. The fraction of sp³-hybridized carbons (Fsp3) is 0.184. The lowest BCUT2D eigenvalue weighted by Gasteiger charge is -2.18. The molecule has 0 fully saturated rings. The topological polar surface area (TPSA) is 140 Å². The van der Waals surface area contributed by atoms with Gasteiger partial charge in [0.15, 0.2) is 0 Å². The van der Waals surface area contributed by atoms with E-state index in [1.807, 2.05) is 38.1 Å². The van der Waals surface area contributed by atoms with Crippen LogP contribution in [-0.4, -0.2) is 66.1 Å². The van der Waals surface area contributed by atoms with Gasteiger partial charge >= 0.3 is 0 Å². The number of nitrogens with zero attached hydrogens (tertiary/aromatic N) is 4. The van der Waals surface area contributed by atoms with Crippen molar-refractivity contribution in [3.05, 3.63) is 117 Å². The maximum atomic E-state index is 14.5. The molecule has 12 nitrogen and oxygen atoms in total. The van der Waals surface area contributed by atoms with E-state index in [1.165, 1.54) is 30.9 Å². The van der Waals surface area contributed by atoms with E-state index in [-0.39, 0.29) is 57.0 Å². The van der Waals surface area contributed by atoms with Crippen LogP contribution in [0.4, 0.5) is 23.0 Å². The number of anilines is 4. The molecule has 0 unspecified atom stereocenters. The number of likely N-dealkylation sites (N-methyl/N-ethyl adjacent to an activating group) is 1. The minimum Gasteiger partial charge on any atom is -0.495 e. The van der Waals surface area contributed by atoms with Crippen molar-refractivity contribution in [3.8, 4) is 22.6 Å². The highest BCUT2D eigenvalue weighted by atomic mass is 35.5. The number of carbonyl (C=O) groups is 2. The molecule has 0 radical (unpaired) electrons. The number of hydrogen-bond acceptors (Lipinski definition) is 9. The van der Waals surface area contributed by atoms with Crippen LogP contribution < -0.4 is 31.0 Å². The molecule has 0 bridgehead atoms. The standard InChI is InChI=1S/C38H37Cl2N7O5/c1-7-30(48)43-27-11-8-10-22(2)35(27)44-38-41-20-24-18-26(32-33(39)28(51-5)19-29(52-6)34(32)40)37(50)47(36(24)45-38)21-23-13-15-25(16-14-23)42-31(49)12-9-17-46(3)4/h7-16,18-20H,1,17,21H2,2-6H3,(H,42,49)(H,43,48)(H,41,44,45)/b12-9+. The number of fused-ring (bicyclic) bond motifs is 1. The first-order valence-electron chi connectivity index (χ1n) is 16.0. The Kier molecular flexibility index (Phi) is 12.0. The molecule has 0 spiro atoms. The summed E-state index contributed by atoms with van der Waals surface area (Å²) in [6, 6.07) is 15.7. The Labute approximate surface area is 310 Å². The van der Waals surface area contributed by atoms with Crippen molar-refractivity contribution in [2.24, 2.45) is 0 Å². The fourth-order valence-corrected chi connectivity index (χ4v) is 6.04. The lowest BCUT2D eigenvalue weighted by atomic mass is 10.0. The number of amides is 2. The molecule has 268 valence electrons. The van der Waals surface area contributed by atoms with Crippen LogP contribution >= 0.6 is 23.2 Å². The summed E-state index contributed by atoms with van der Waals surface area (Å²) >= 11 is 13.6. The number of ether oxygens (including phenoxy) is 2. The van der Waals surface area contributed by atoms with Crippen LogP contribution in [0.2, 0.25) is 10.0 Å². The number of para-hydroxylation sites is 1. The summed E-state index contributed by atoms with van der Waals surface area (Å²) in [4.78, 5) is 50.4. The number of methoxy groups -OCH3 is 2. The minimum absolute atomic E-state index is 0.0813. The fourth-order valence-electron chi connectivity index (χ4n) is 5.33. The second kappa shape index (κ2) is 16.6. The average molecular weight is 743 g/mol.